The molecule has 0 aliphatic rings. The number of hydrogen-bond acceptors (Lipinski definition) is 4. The second kappa shape index (κ2) is 13.9. The van der Waals surface area contributed by atoms with E-state index in [2.05, 4.69) is 19.2 Å². The second-order valence-electron chi connectivity index (χ2n) is 11.3. The van der Waals surface area contributed by atoms with E-state index in [0.717, 1.165) is 17.3 Å². The van der Waals surface area contributed by atoms with Crippen molar-refractivity contribution in [1.29, 1.82) is 0 Å². The van der Waals surface area contributed by atoms with Crippen LogP contribution in [0, 0.1) is 5.92 Å². The van der Waals surface area contributed by atoms with Crippen LogP contribution in [0.15, 0.2) is 109 Å². The predicted molar refractivity (Wildman–Crippen MR) is 172 cm³/mol. The van der Waals surface area contributed by atoms with E-state index in [1.54, 1.807) is 30.5 Å². The number of carboxylic acid groups (broad SMARTS) is 1. The Morgan fingerprint density at radius 3 is 2.32 bits per heavy atom. The molecule has 7 heteroatoms. The summed E-state index contributed by atoms with van der Waals surface area (Å²) in [6.45, 7) is 4.81. The number of benzene rings is 4. The number of rotatable bonds is 13. The van der Waals surface area contributed by atoms with Crippen LogP contribution in [0.25, 0.3) is 10.9 Å². The van der Waals surface area contributed by atoms with Crippen LogP contribution in [0.1, 0.15) is 59.8 Å². The Hall–Kier alpha value is -5.17. The standard InChI is InChI=1S/C37H36N2O5/c1-25(2)22-26-17-19-27(20-18-26)36(37(43)38-29-11-4-3-5-12-29)44-30-13-8-10-28(23-30)35(42)32-24-39(21-9-16-34(40)41)33-15-7-6-14-31(32)33/h3-8,10-15,17-20,23-25,36H,9,16,21-22H2,1-2H3,(H,38,43)(H,40,41). The van der Waals surface area contributed by atoms with Crippen LogP contribution in [0.2, 0.25) is 0 Å². The molecule has 0 saturated heterocycles. The number of nitrogens with zero attached hydrogens (tertiary/aromatic N) is 1. The van der Waals surface area contributed by atoms with Gasteiger partial charge in [0.15, 0.2) is 5.78 Å². The Labute approximate surface area is 257 Å². The van der Waals surface area contributed by atoms with Crippen LogP contribution >= 0.6 is 0 Å². The highest BCUT2D eigenvalue weighted by Crippen LogP contribution is 2.29. The maximum Gasteiger partial charge on any atom is 0.303 e. The second-order valence-corrected chi connectivity index (χ2v) is 11.3. The largest absolute Gasteiger partial charge is 0.481 e. The van der Waals surface area contributed by atoms with Gasteiger partial charge in [0.05, 0.1) is 0 Å². The van der Waals surface area contributed by atoms with Gasteiger partial charge >= 0.3 is 5.97 Å². The fourth-order valence-electron chi connectivity index (χ4n) is 5.32. The van der Waals surface area contributed by atoms with E-state index in [-0.39, 0.29) is 18.1 Å². The Morgan fingerprint density at radius 2 is 1.59 bits per heavy atom. The molecular formula is C37H36N2O5. The maximum atomic E-state index is 13.8. The minimum Gasteiger partial charge on any atom is -0.481 e. The lowest BCUT2D eigenvalue weighted by atomic mass is 9.99. The number of fused-ring (bicyclic) bond motifs is 1. The Morgan fingerprint density at radius 1 is 0.864 bits per heavy atom. The lowest BCUT2D eigenvalue weighted by Gasteiger charge is -2.20. The van der Waals surface area contributed by atoms with Crippen molar-refractivity contribution < 1.29 is 24.2 Å². The molecule has 5 aromatic rings. The van der Waals surface area contributed by atoms with E-state index in [9.17, 15) is 14.4 Å². The summed E-state index contributed by atoms with van der Waals surface area (Å²) >= 11 is 0. The zero-order valence-corrected chi connectivity index (χ0v) is 24.9. The normalized spacial score (nSPS) is 11.8. The number of ether oxygens (including phenoxy) is 1. The van der Waals surface area contributed by atoms with Crippen LogP contribution in [-0.2, 0) is 22.6 Å². The van der Waals surface area contributed by atoms with Crippen molar-refractivity contribution >= 4 is 34.3 Å². The van der Waals surface area contributed by atoms with Crippen molar-refractivity contribution in [3.8, 4) is 5.75 Å². The highest BCUT2D eigenvalue weighted by molar-refractivity contribution is 6.16. The van der Waals surface area contributed by atoms with Gasteiger partial charge in [0.25, 0.3) is 5.91 Å². The molecule has 1 heterocycles. The topological polar surface area (TPSA) is 97.6 Å². The van der Waals surface area contributed by atoms with Gasteiger partial charge in [-0.25, -0.2) is 0 Å². The van der Waals surface area contributed by atoms with Gasteiger partial charge < -0.3 is 19.7 Å². The van der Waals surface area contributed by atoms with Gasteiger partial charge in [-0.05, 0) is 54.7 Å². The van der Waals surface area contributed by atoms with Gasteiger partial charge in [0.2, 0.25) is 6.10 Å². The van der Waals surface area contributed by atoms with Crippen molar-refractivity contribution in [3.63, 3.8) is 0 Å². The number of amides is 1. The summed E-state index contributed by atoms with van der Waals surface area (Å²) in [5.41, 5.74) is 4.35. The Bertz CT molecular complexity index is 1760. The number of anilines is 1. The lowest BCUT2D eigenvalue weighted by Crippen LogP contribution is -2.25. The third-order valence-electron chi connectivity index (χ3n) is 7.38. The predicted octanol–water partition coefficient (Wildman–Crippen LogP) is 7.69. The number of aromatic nitrogens is 1. The van der Waals surface area contributed by atoms with Crippen LogP contribution < -0.4 is 10.1 Å². The summed E-state index contributed by atoms with van der Waals surface area (Å²) in [4.78, 5) is 38.4. The smallest absolute Gasteiger partial charge is 0.303 e. The van der Waals surface area contributed by atoms with E-state index in [4.69, 9.17) is 9.84 Å². The zero-order chi connectivity index (χ0) is 31.1. The molecule has 0 aliphatic heterocycles. The molecule has 7 nitrogen and oxygen atoms in total. The first kappa shape index (κ1) is 30.3. The van der Waals surface area contributed by atoms with Crippen LogP contribution in [-0.4, -0.2) is 27.3 Å². The fourth-order valence-corrected chi connectivity index (χ4v) is 5.32. The molecule has 0 aliphatic carbocycles. The number of aryl methyl sites for hydroxylation is 1. The molecule has 1 unspecified atom stereocenters. The number of nitrogens with one attached hydrogen (secondary N) is 1. The first-order valence-corrected chi connectivity index (χ1v) is 14.8. The van der Waals surface area contributed by atoms with E-state index >= 15 is 0 Å². The quantitative estimate of drug-likeness (QED) is 0.137. The van der Waals surface area contributed by atoms with Crippen LogP contribution in [0.4, 0.5) is 5.69 Å². The summed E-state index contributed by atoms with van der Waals surface area (Å²) in [6, 6.07) is 31.6. The number of carbonyl (C=O) groups is 3. The SMILES string of the molecule is CC(C)Cc1ccc(C(Oc2cccc(C(=O)c3cn(CCCC(=O)O)c4ccccc34)c2)C(=O)Nc2ccccc2)cc1. The highest BCUT2D eigenvalue weighted by atomic mass is 16.5. The summed E-state index contributed by atoms with van der Waals surface area (Å²) < 4.78 is 8.25. The van der Waals surface area contributed by atoms with Gasteiger partial charge in [-0.2, -0.15) is 0 Å². The molecule has 0 saturated carbocycles. The summed E-state index contributed by atoms with van der Waals surface area (Å²) in [5.74, 6) is -0.466. The Kier molecular flexibility index (Phi) is 9.55. The van der Waals surface area contributed by atoms with Crippen molar-refractivity contribution in [2.45, 2.75) is 45.8 Å². The number of hydrogen-bond donors (Lipinski definition) is 2. The van der Waals surface area contributed by atoms with Crippen LogP contribution in [0.5, 0.6) is 5.75 Å². The molecule has 224 valence electrons. The molecule has 0 radical (unpaired) electrons. The molecule has 1 amide bonds. The van der Waals surface area contributed by atoms with E-state index in [1.807, 2.05) is 83.4 Å². The van der Waals surface area contributed by atoms with Gasteiger partial charge in [-0.15, -0.1) is 0 Å². The average Bonchev–Trinajstić information content (AvgIpc) is 3.38. The van der Waals surface area contributed by atoms with E-state index in [0.29, 0.717) is 47.0 Å². The molecule has 5 rings (SSSR count). The molecule has 1 aromatic heterocycles. The summed E-state index contributed by atoms with van der Waals surface area (Å²) in [7, 11) is 0. The first-order valence-electron chi connectivity index (χ1n) is 14.8. The van der Waals surface area contributed by atoms with Crippen molar-refractivity contribution in [2.24, 2.45) is 5.92 Å². The first-order chi connectivity index (χ1) is 21.3. The summed E-state index contributed by atoms with van der Waals surface area (Å²) in [6.07, 6.45) is 2.27. The van der Waals surface area contributed by atoms with E-state index < -0.39 is 12.1 Å². The average molecular weight is 589 g/mol. The molecule has 4 aromatic carbocycles. The molecule has 0 fully saturated rings. The molecule has 1 atom stereocenters. The maximum absolute atomic E-state index is 13.8. The summed E-state index contributed by atoms with van der Waals surface area (Å²) in [5, 5.41) is 12.8. The molecule has 0 spiro atoms. The highest BCUT2D eigenvalue weighted by Gasteiger charge is 2.24. The van der Waals surface area contributed by atoms with Gasteiger partial charge in [0.1, 0.15) is 5.75 Å². The fraction of sp³-hybridized carbons (Fsp3) is 0.216. The lowest BCUT2D eigenvalue weighted by molar-refractivity contribution is -0.137. The third kappa shape index (κ3) is 7.42. The van der Waals surface area contributed by atoms with Gasteiger partial charge in [0, 0.05) is 52.4 Å². The van der Waals surface area contributed by atoms with Crippen molar-refractivity contribution in [3.05, 3.63) is 132 Å². The number of carbonyl (C=O) groups excluding carboxylic acids is 2. The molecule has 44 heavy (non-hydrogen) atoms. The number of aliphatic carboxylic acids is 1. The zero-order valence-electron chi connectivity index (χ0n) is 24.9. The minimum atomic E-state index is -0.954. The minimum absolute atomic E-state index is 0.0502. The van der Waals surface area contributed by atoms with Crippen LogP contribution in [0.3, 0.4) is 0 Å². The number of carboxylic acids is 1. The monoisotopic (exact) mass is 588 g/mol. The molecule has 2 N–H and O–H groups in total. The molecular weight excluding hydrogens is 552 g/mol. The van der Waals surface area contributed by atoms with Gasteiger partial charge in [-0.3, -0.25) is 14.4 Å². The third-order valence-corrected chi connectivity index (χ3v) is 7.38. The number of para-hydroxylation sites is 2. The van der Waals surface area contributed by atoms with E-state index in [1.165, 1.54) is 5.56 Å². The molecule has 0 bridgehead atoms. The number of ketones is 1. The van der Waals surface area contributed by atoms with Gasteiger partial charge in [-0.1, -0.05) is 86.6 Å². The Balaban J connectivity index is 1.42. The van der Waals surface area contributed by atoms with Crippen molar-refractivity contribution in [2.75, 3.05) is 5.32 Å². The van der Waals surface area contributed by atoms with Crippen molar-refractivity contribution in [1.82, 2.24) is 4.57 Å².